The van der Waals surface area contributed by atoms with E-state index in [2.05, 4.69) is 11.4 Å². The van der Waals surface area contributed by atoms with Crippen molar-refractivity contribution in [2.24, 2.45) is 0 Å². The maximum absolute atomic E-state index is 11.0. The van der Waals surface area contributed by atoms with Crippen molar-refractivity contribution in [3.63, 3.8) is 0 Å². The highest BCUT2D eigenvalue weighted by Gasteiger charge is 2.07. The minimum atomic E-state index is -0.170. The number of nitrogens with one attached hydrogen (secondary N) is 1. The van der Waals surface area contributed by atoms with Crippen LogP contribution in [-0.2, 0) is 4.79 Å². The Kier molecular flexibility index (Phi) is 3.48. The Labute approximate surface area is 111 Å². The number of rotatable bonds is 2. The number of nitriles is 1. The topological polar surface area (TPSA) is 78.9 Å². The van der Waals surface area contributed by atoms with Crippen LogP contribution >= 0.6 is 0 Å². The van der Waals surface area contributed by atoms with Gasteiger partial charge in [-0.1, -0.05) is 24.3 Å². The Morgan fingerprint density at radius 1 is 1.26 bits per heavy atom. The number of hydrogen-bond donors (Lipinski definition) is 2. The summed E-state index contributed by atoms with van der Waals surface area (Å²) in [7, 11) is 0. The zero-order valence-corrected chi connectivity index (χ0v) is 10.5. The van der Waals surface area contributed by atoms with Gasteiger partial charge < -0.3 is 11.1 Å². The van der Waals surface area contributed by atoms with E-state index in [1.807, 2.05) is 24.3 Å². The fourth-order valence-corrected chi connectivity index (χ4v) is 1.87. The Morgan fingerprint density at radius 2 is 2.00 bits per heavy atom. The number of carbonyl (C=O) groups excluding carboxylic acids is 1. The van der Waals surface area contributed by atoms with Crippen molar-refractivity contribution in [2.75, 3.05) is 11.1 Å². The van der Waals surface area contributed by atoms with Crippen LogP contribution in [-0.4, -0.2) is 5.91 Å². The summed E-state index contributed by atoms with van der Waals surface area (Å²) in [6.07, 6.45) is 0. The van der Waals surface area contributed by atoms with Gasteiger partial charge in [-0.25, -0.2) is 0 Å². The van der Waals surface area contributed by atoms with Gasteiger partial charge in [-0.2, -0.15) is 5.26 Å². The third-order valence-corrected chi connectivity index (χ3v) is 2.72. The highest BCUT2D eigenvalue weighted by molar-refractivity contribution is 5.93. The largest absolute Gasteiger partial charge is 0.397 e. The van der Waals surface area contributed by atoms with Gasteiger partial charge >= 0.3 is 0 Å². The second-order valence-electron chi connectivity index (χ2n) is 4.14. The molecule has 94 valence electrons. The molecule has 1 amide bonds. The van der Waals surface area contributed by atoms with Gasteiger partial charge in [0.05, 0.1) is 23.0 Å². The average molecular weight is 251 g/mol. The molecule has 4 heteroatoms. The molecule has 0 radical (unpaired) electrons. The highest BCUT2D eigenvalue weighted by Crippen LogP contribution is 2.28. The van der Waals surface area contributed by atoms with Crippen LogP contribution in [0.4, 0.5) is 11.4 Å². The number of nitrogens with two attached hydrogens (primary N) is 1. The third kappa shape index (κ3) is 2.72. The van der Waals surface area contributed by atoms with E-state index in [0.29, 0.717) is 16.9 Å². The number of hydrogen-bond acceptors (Lipinski definition) is 3. The molecule has 0 heterocycles. The van der Waals surface area contributed by atoms with Crippen molar-refractivity contribution in [1.82, 2.24) is 0 Å². The van der Waals surface area contributed by atoms with Crippen LogP contribution in [0.2, 0.25) is 0 Å². The molecule has 0 spiro atoms. The molecule has 0 unspecified atom stereocenters. The zero-order chi connectivity index (χ0) is 13.8. The first-order valence-corrected chi connectivity index (χ1v) is 5.78. The molecule has 0 saturated heterocycles. The predicted octanol–water partition coefficient (Wildman–Crippen LogP) is 2.77. The number of anilines is 2. The predicted molar refractivity (Wildman–Crippen MR) is 75.3 cm³/mol. The molecule has 0 bridgehead atoms. The summed E-state index contributed by atoms with van der Waals surface area (Å²) in [5, 5.41) is 11.7. The fraction of sp³-hybridized carbons (Fsp3) is 0.0667. The minimum Gasteiger partial charge on any atom is -0.397 e. The second kappa shape index (κ2) is 5.23. The number of benzene rings is 2. The Balaban J connectivity index is 2.45. The highest BCUT2D eigenvalue weighted by atomic mass is 16.1. The van der Waals surface area contributed by atoms with Crippen molar-refractivity contribution in [1.29, 1.82) is 5.26 Å². The van der Waals surface area contributed by atoms with E-state index in [4.69, 9.17) is 11.0 Å². The van der Waals surface area contributed by atoms with Crippen molar-refractivity contribution < 1.29 is 4.79 Å². The van der Waals surface area contributed by atoms with Crippen molar-refractivity contribution in [2.45, 2.75) is 6.92 Å². The molecule has 19 heavy (non-hydrogen) atoms. The molecule has 0 aliphatic heterocycles. The number of nitrogens with zero attached hydrogens (tertiary/aromatic N) is 1. The summed E-state index contributed by atoms with van der Waals surface area (Å²) < 4.78 is 0. The third-order valence-electron chi connectivity index (χ3n) is 2.72. The lowest BCUT2D eigenvalue weighted by molar-refractivity contribution is -0.114. The summed E-state index contributed by atoms with van der Waals surface area (Å²) in [6.45, 7) is 1.43. The normalized spacial score (nSPS) is 9.68. The Hall–Kier alpha value is -2.80. The van der Waals surface area contributed by atoms with E-state index in [-0.39, 0.29) is 5.91 Å². The van der Waals surface area contributed by atoms with Gasteiger partial charge in [0.25, 0.3) is 0 Å². The summed E-state index contributed by atoms with van der Waals surface area (Å²) in [5.74, 6) is -0.170. The molecular formula is C15H13N3O. The molecule has 2 rings (SSSR count). The molecule has 4 nitrogen and oxygen atoms in total. The molecule has 2 aromatic rings. The van der Waals surface area contributed by atoms with E-state index < -0.39 is 0 Å². The molecular weight excluding hydrogens is 238 g/mol. The lowest BCUT2D eigenvalue weighted by atomic mass is 9.99. The van der Waals surface area contributed by atoms with E-state index in [1.165, 1.54) is 6.92 Å². The van der Waals surface area contributed by atoms with Crippen molar-refractivity contribution in [3.8, 4) is 17.2 Å². The SMILES string of the molecule is CC(=O)Nc1ccc(-c2ccccc2C#N)cc1N. The summed E-state index contributed by atoms with van der Waals surface area (Å²) in [5.41, 5.74) is 9.22. The van der Waals surface area contributed by atoms with Gasteiger partial charge in [-0.15, -0.1) is 0 Å². The summed E-state index contributed by atoms with van der Waals surface area (Å²) in [6, 6.07) is 14.8. The van der Waals surface area contributed by atoms with Gasteiger partial charge in [0.15, 0.2) is 0 Å². The first-order valence-electron chi connectivity index (χ1n) is 5.78. The summed E-state index contributed by atoms with van der Waals surface area (Å²) in [4.78, 5) is 11.0. The van der Waals surface area contributed by atoms with Crippen LogP contribution < -0.4 is 11.1 Å². The van der Waals surface area contributed by atoms with Gasteiger partial charge in [-0.05, 0) is 29.3 Å². The lowest BCUT2D eigenvalue weighted by Crippen LogP contribution is -2.07. The summed E-state index contributed by atoms with van der Waals surface area (Å²) >= 11 is 0. The van der Waals surface area contributed by atoms with Crippen LogP contribution in [0.15, 0.2) is 42.5 Å². The van der Waals surface area contributed by atoms with Crippen LogP contribution in [0, 0.1) is 11.3 Å². The zero-order valence-electron chi connectivity index (χ0n) is 10.5. The van der Waals surface area contributed by atoms with Gasteiger partial charge in [0.2, 0.25) is 5.91 Å². The van der Waals surface area contributed by atoms with Crippen molar-refractivity contribution in [3.05, 3.63) is 48.0 Å². The molecule has 0 aliphatic rings. The molecule has 0 fully saturated rings. The van der Waals surface area contributed by atoms with Gasteiger partial charge in [0.1, 0.15) is 0 Å². The Morgan fingerprint density at radius 3 is 2.63 bits per heavy atom. The smallest absolute Gasteiger partial charge is 0.221 e. The van der Waals surface area contributed by atoms with Gasteiger partial charge in [0, 0.05) is 6.92 Å². The monoisotopic (exact) mass is 251 g/mol. The van der Waals surface area contributed by atoms with E-state index in [1.54, 1.807) is 18.2 Å². The number of amides is 1. The molecule has 3 N–H and O–H groups in total. The first kappa shape index (κ1) is 12.7. The quantitative estimate of drug-likeness (QED) is 0.805. The Bertz CT molecular complexity index is 671. The van der Waals surface area contributed by atoms with E-state index >= 15 is 0 Å². The molecule has 0 aliphatic carbocycles. The first-order chi connectivity index (χ1) is 9.11. The number of carbonyl (C=O) groups is 1. The minimum absolute atomic E-state index is 0.170. The van der Waals surface area contributed by atoms with Crippen LogP contribution in [0.3, 0.4) is 0 Å². The van der Waals surface area contributed by atoms with Crippen LogP contribution in [0.5, 0.6) is 0 Å². The molecule has 0 saturated carbocycles. The number of nitrogen functional groups attached to an aromatic ring is 1. The molecule has 0 aromatic heterocycles. The molecule has 2 aromatic carbocycles. The fourth-order valence-electron chi connectivity index (χ4n) is 1.87. The van der Waals surface area contributed by atoms with E-state index in [9.17, 15) is 4.79 Å². The van der Waals surface area contributed by atoms with Crippen molar-refractivity contribution >= 4 is 17.3 Å². The second-order valence-corrected chi connectivity index (χ2v) is 4.14. The average Bonchev–Trinajstić information content (AvgIpc) is 2.40. The van der Waals surface area contributed by atoms with Gasteiger partial charge in [-0.3, -0.25) is 4.79 Å². The standard InChI is InChI=1S/C15H13N3O/c1-10(19)18-15-7-6-11(8-14(15)17)13-5-3-2-4-12(13)9-16/h2-8H,17H2,1H3,(H,18,19). The maximum atomic E-state index is 11.0. The maximum Gasteiger partial charge on any atom is 0.221 e. The molecule has 0 atom stereocenters. The van der Waals surface area contributed by atoms with Crippen LogP contribution in [0.1, 0.15) is 12.5 Å². The van der Waals surface area contributed by atoms with E-state index in [0.717, 1.165) is 11.1 Å². The lowest BCUT2D eigenvalue weighted by Gasteiger charge is -2.09. The van der Waals surface area contributed by atoms with Crippen LogP contribution in [0.25, 0.3) is 11.1 Å².